The van der Waals surface area contributed by atoms with Crippen LogP contribution in [0.5, 0.6) is 0 Å². The van der Waals surface area contributed by atoms with E-state index in [2.05, 4.69) is 4.72 Å². The molecule has 1 aliphatic heterocycles. The van der Waals surface area contributed by atoms with Crippen molar-refractivity contribution in [3.05, 3.63) is 29.3 Å². The number of hydrogen-bond acceptors (Lipinski definition) is 2. The largest absolute Gasteiger partial charge is 0.240 e. The van der Waals surface area contributed by atoms with Crippen LogP contribution < -0.4 is 4.72 Å². The van der Waals surface area contributed by atoms with Crippen molar-refractivity contribution in [1.82, 2.24) is 4.72 Å². The van der Waals surface area contributed by atoms with Crippen LogP contribution in [0.25, 0.3) is 0 Å². The van der Waals surface area contributed by atoms with Crippen molar-refractivity contribution in [2.45, 2.75) is 18.2 Å². The quantitative estimate of drug-likeness (QED) is 0.669. The van der Waals surface area contributed by atoms with Gasteiger partial charge >= 0.3 is 0 Å². The Morgan fingerprint density at radius 2 is 2.15 bits per heavy atom. The minimum absolute atomic E-state index is 0.435. The summed E-state index contributed by atoms with van der Waals surface area (Å²) in [7, 11) is -3.21. The van der Waals surface area contributed by atoms with Crippen LogP contribution in [0.15, 0.2) is 23.1 Å². The average molecular weight is 197 g/mol. The maximum atomic E-state index is 11.5. The monoisotopic (exact) mass is 197 g/mol. The van der Waals surface area contributed by atoms with Crippen molar-refractivity contribution in [2.24, 2.45) is 0 Å². The number of rotatable bonds is 0. The molecule has 1 aromatic rings. The zero-order chi connectivity index (χ0) is 9.47. The molecule has 0 saturated heterocycles. The van der Waals surface area contributed by atoms with Crippen LogP contribution in [-0.4, -0.2) is 15.0 Å². The van der Waals surface area contributed by atoms with E-state index in [1.54, 1.807) is 6.07 Å². The lowest BCUT2D eigenvalue weighted by atomic mass is 10.1. The first kappa shape index (κ1) is 8.72. The van der Waals surface area contributed by atoms with Crippen LogP contribution in [0, 0.1) is 6.92 Å². The summed E-state index contributed by atoms with van der Waals surface area (Å²) < 4.78 is 25.5. The molecule has 3 nitrogen and oxygen atoms in total. The number of nitrogens with one attached hydrogen (secondary N) is 1. The van der Waals surface area contributed by atoms with Gasteiger partial charge in [-0.3, -0.25) is 0 Å². The first-order valence-electron chi connectivity index (χ1n) is 4.19. The van der Waals surface area contributed by atoms with Gasteiger partial charge in [-0.05, 0) is 25.0 Å². The Kier molecular flexibility index (Phi) is 1.89. The van der Waals surface area contributed by atoms with Crippen molar-refractivity contribution in [3.8, 4) is 0 Å². The maximum Gasteiger partial charge on any atom is 0.240 e. The Morgan fingerprint density at radius 1 is 1.38 bits per heavy atom. The lowest BCUT2D eigenvalue weighted by Gasteiger charge is -2.17. The fourth-order valence-corrected chi connectivity index (χ4v) is 2.84. The zero-order valence-electron chi connectivity index (χ0n) is 7.37. The second kappa shape index (κ2) is 2.82. The molecule has 0 aliphatic carbocycles. The number of sulfonamides is 1. The van der Waals surface area contributed by atoms with Crippen molar-refractivity contribution in [1.29, 1.82) is 0 Å². The Labute approximate surface area is 77.8 Å². The van der Waals surface area contributed by atoms with Gasteiger partial charge in [-0.1, -0.05) is 17.7 Å². The van der Waals surface area contributed by atoms with E-state index in [1.165, 1.54) is 0 Å². The van der Waals surface area contributed by atoms with E-state index in [0.29, 0.717) is 11.4 Å². The topological polar surface area (TPSA) is 46.2 Å². The van der Waals surface area contributed by atoms with Crippen molar-refractivity contribution in [2.75, 3.05) is 6.54 Å². The SMILES string of the molecule is Cc1ccc2c(c1)CCNS2(=O)=O. The zero-order valence-corrected chi connectivity index (χ0v) is 8.19. The van der Waals surface area contributed by atoms with Gasteiger partial charge in [0.15, 0.2) is 0 Å². The molecule has 70 valence electrons. The minimum Gasteiger partial charge on any atom is -0.211 e. The normalized spacial score (nSPS) is 19.5. The predicted octanol–water partition coefficient (Wildman–Crippen LogP) is 0.829. The maximum absolute atomic E-state index is 11.5. The van der Waals surface area contributed by atoms with Crippen LogP contribution in [0.2, 0.25) is 0 Å². The smallest absolute Gasteiger partial charge is 0.211 e. The molecule has 0 bridgehead atoms. The second-order valence-corrected chi connectivity index (χ2v) is 4.99. The van der Waals surface area contributed by atoms with E-state index < -0.39 is 10.0 Å². The van der Waals surface area contributed by atoms with E-state index in [1.807, 2.05) is 19.1 Å². The van der Waals surface area contributed by atoms with Gasteiger partial charge in [-0.25, -0.2) is 13.1 Å². The molecule has 0 atom stereocenters. The molecule has 13 heavy (non-hydrogen) atoms. The summed E-state index contributed by atoms with van der Waals surface area (Å²) in [6.07, 6.45) is 0.788. The average Bonchev–Trinajstić information content (AvgIpc) is 2.02. The molecule has 2 rings (SSSR count). The molecule has 1 heterocycles. The molecule has 1 aromatic carbocycles. The number of fused-ring (bicyclic) bond motifs is 1. The first-order valence-corrected chi connectivity index (χ1v) is 5.67. The van der Waals surface area contributed by atoms with Crippen molar-refractivity contribution >= 4 is 10.0 Å². The lowest BCUT2D eigenvalue weighted by molar-refractivity contribution is 0.573. The Hall–Kier alpha value is -0.870. The van der Waals surface area contributed by atoms with Crippen molar-refractivity contribution < 1.29 is 8.42 Å². The van der Waals surface area contributed by atoms with Crippen LogP contribution in [0.1, 0.15) is 11.1 Å². The van der Waals surface area contributed by atoms with Gasteiger partial charge < -0.3 is 0 Å². The molecule has 0 fully saturated rings. The lowest BCUT2D eigenvalue weighted by Crippen LogP contribution is -2.31. The molecule has 1 N–H and O–H groups in total. The van der Waals surface area contributed by atoms with Crippen LogP contribution in [-0.2, 0) is 16.4 Å². The third kappa shape index (κ3) is 1.47. The molecule has 0 spiro atoms. The molecule has 0 aromatic heterocycles. The highest BCUT2D eigenvalue weighted by Gasteiger charge is 2.21. The summed E-state index contributed by atoms with van der Waals surface area (Å²) >= 11 is 0. The molecule has 4 heteroatoms. The highest BCUT2D eigenvalue weighted by Crippen LogP contribution is 2.20. The number of benzene rings is 1. The number of aryl methyl sites for hydroxylation is 1. The highest BCUT2D eigenvalue weighted by atomic mass is 32.2. The fourth-order valence-electron chi connectivity index (χ4n) is 1.56. The molecular formula is C9H11NO2S. The van der Waals surface area contributed by atoms with E-state index in [9.17, 15) is 8.42 Å². The summed E-state index contributed by atoms with van der Waals surface area (Å²) in [5.74, 6) is 0. The van der Waals surface area contributed by atoms with Gasteiger partial charge in [-0.2, -0.15) is 0 Å². The van der Waals surface area contributed by atoms with E-state index >= 15 is 0 Å². The third-order valence-electron chi connectivity index (χ3n) is 2.19. The van der Waals surface area contributed by atoms with Gasteiger partial charge in [0, 0.05) is 6.54 Å². The van der Waals surface area contributed by atoms with E-state index in [0.717, 1.165) is 17.5 Å². The second-order valence-electron chi connectivity index (χ2n) is 3.26. The summed E-state index contributed by atoms with van der Waals surface area (Å²) in [6.45, 7) is 2.48. The summed E-state index contributed by atoms with van der Waals surface area (Å²) in [6, 6.07) is 5.43. The van der Waals surface area contributed by atoms with E-state index in [4.69, 9.17) is 0 Å². The highest BCUT2D eigenvalue weighted by molar-refractivity contribution is 7.89. The standard InChI is InChI=1S/C9H11NO2S/c1-7-2-3-9-8(6-7)4-5-10-13(9,11)12/h2-3,6,10H,4-5H2,1H3. The van der Waals surface area contributed by atoms with Gasteiger partial charge in [-0.15, -0.1) is 0 Å². The van der Waals surface area contributed by atoms with Crippen LogP contribution in [0.3, 0.4) is 0 Å². The van der Waals surface area contributed by atoms with E-state index in [-0.39, 0.29) is 0 Å². The van der Waals surface area contributed by atoms with Crippen LogP contribution in [0.4, 0.5) is 0 Å². The summed E-state index contributed by atoms with van der Waals surface area (Å²) in [5.41, 5.74) is 2.04. The fraction of sp³-hybridized carbons (Fsp3) is 0.333. The molecule has 0 saturated carbocycles. The molecule has 0 amide bonds. The molecular weight excluding hydrogens is 186 g/mol. The molecule has 1 aliphatic rings. The Balaban J connectivity index is 2.66. The minimum atomic E-state index is -3.21. The summed E-state index contributed by atoms with van der Waals surface area (Å²) in [5, 5.41) is 0. The van der Waals surface area contributed by atoms with Crippen LogP contribution >= 0.6 is 0 Å². The third-order valence-corrected chi connectivity index (χ3v) is 3.75. The van der Waals surface area contributed by atoms with Gasteiger partial charge in [0.05, 0.1) is 4.90 Å². The number of hydrogen-bond donors (Lipinski definition) is 1. The summed E-state index contributed by atoms with van der Waals surface area (Å²) in [4.78, 5) is 0.435. The van der Waals surface area contributed by atoms with Gasteiger partial charge in [0.1, 0.15) is 0 Å². The molecule has 0 radical (unpaired) electrons. The first-order chi connectivity index (χ1) is 6.09. The Bertz CT molecular complexity index is 437. The van der Waals surface area contributed by atoms with Gasteiger partial charge in [0.25, 0.3) is 0 Å². The van der Waals surface area contributed by atoms with Crippen molar-refractivity contribution in [3.63, 3.8) is 0 Å². The van der Waals surface area contributed by atoms with Gasteiger partial charge in [0.2, 0.25) is 10.0 Å². The molecule has 0 unspecified atom stereocenters. The Morgan fingerprint density at radius 3 is 2.92 bits per heavy atom. The predicted molar refractivity (Wildman–Crippen MR) is 50.1 cm³/mol.